The molecule has 3 nitrogen and oxygen atoms in total. The standard InChI is InChI=1S/C15H23NO2S/c1-13-5-7-14(8-6-13)12-15-4-3-9-16(15)10-11-19(2,17)18/h5-8,15H,3-4,9-12H2,1-2H3/t15-/m0/s1. The van der Waals surface area contributed by atoms with Crippen molar-refractivity contribution in [1.82, 2.24) is 4.90 Å². The highest BCUT2D eigenvalue weighted by molar-refractivity contribution is 7.90. The molecule has 1 aromatic carbocycles. The molecule has 1 aromatic rings. The van der Waals surface area contributed by atoms with Crippen LogP contribution in [-0.2, 0) is 16.3 Å². The van der Waals surface area contributed by atoms with E-state index in [2.05, 4.69) is 36.1 Å². The summed E-state index contributed by atoms with van der Waals surface area (Å²) >= 11 is 0. The molecule has 1 fully saturated rings. The van der Waals surface area contributed by atoms with Gasteiger partial charge in [-0.05, 0) is 38.3 Å². The van der Waals surface area contributed by atoms with Crippen LogP contribution in [0.3, 0.4) is 0 Å². The van der Waals surface area contributed by atoms with Crippen molar-refractivity contribution in [3.63, 3.8) is 0 Å². The van der Waals surface area contributed by atoms with E-state index in [4.69, 9.17) is 0 Å². The predicted molar refractivity (Wildman–Crippen MR) is 79.2 cm³/mol. The molecule has 0 bridgehead atoms. The Kier molecular flexibility index (Phi) is 4.63. The molecule has 19 heavy (non-hydrogen) atoms. The van der Waals surface area contributed by atoms with E-state index < -0.39 is 9.84 Å². The minimum atomic E-state index is -2.86. The predicted octanol–water partition coefficient (Wildman–Crippen LogP) is 2.05. The molecular weight excluding hydrogens is 258 g/mol. The fourth-order valence-electron chi connectivity index (χ4n) is 2.70. The van der Waals surface area contributed by atoms with E-state index >= 15 is 0 Å². The van der Waals surface area contributed by atoms with Crippen LogP contribution in [0.4, 0.5) is 0 Å². The van der Waals surface area contributed by atoms with Gasteiger partial charge in [0.25, 0.3) is 0 Å². The monoisotopic (exact) mass is 281 g/mol. The summed E-state index contributed by atoms with van der Waals surface area (Å²) in [4.78, 5) is 2.33. The molecule has 106 valence electrons. The summed E-state index contributed by atoms with van der Waals surface area (Å²) in [6.07, 6.45) is 4.71. The highest BCUT2D eigenvalue weighted by atomic mass is 32.2. The second-order valence-electron chi connectivity index (χ2n) is 5.65. The van der Waals surface area contributed by atoms with E-state index in [1.54, 1.807) is 0 Å². The third kappa shape index (κ3) is 4.62. The molecule has 0 unspecified atom stereocenters. The number of sulfone groups is 1. The minimum Gasteiger partial charge on any atom is -0.299 e. The van der Waals surface area contributed by atoms with Gasteiger partial charge < -0.3 is 0 Å². The maximum atomic E-state index is 11.3. The lowest BCUT2D eigenvalue weighted by molar-refractivity contribution is 0.267. The van der Waals surface area contributed by atoms with E-state index in [9.17, 15) is 8.42 Å². The van der Waals surface area contributed by atoms with Gasteiger partial charge in [-0.15, -0.1) is 0 Å². The molecule has 0 spiro atoms. The van der Waals surface area contributed by atoms with Crippen LogP contribution in [0.15, 0.2) is 24.3 Å². The Morgan fingerprint density at radius 2 is 1.95 bits per heavy atom. The quantitative estimate of drug-likeness (QED) is 0.829. The lowest BCUT2D eigenvalue weighted by atomic mass is 10.0. The van der Waals surface area contributed by atoms with Crippen LogP contribution in [0.25, 0.3) is 0 Å². The first kappa shape index (κ1) is 14.5. The summed E-state index contributed by atoms with van der Waals surface area (Å²) < 4.78 is 22.5. The van der Waals surface area contributed by atoms with Gasteiger partial charge in [0.2, 0.25) is 0 Å². The largest absolute Gasteiger partial charge is 0.299 e. The molecule has 1 aliphatic rings. The van der Waals surface area contributed by atoms with Crippen molar-refractivity contribution in [2.24, 2.45) is 0 Å². The van der Waals surface area contributed by atoms with Crippen molar-refractivity contribution >= 4 is 9.84 Å². The summed E-state index contributed by atoms with van der Waals surface area (Å²) in [5.41, 5.74) is 2.63. The lowest BCUT2D eigenvalue weighted by Gasteiger charge is -2.24. The zero-order chi connectivity index (χ0) is 13.9. The van der Waals surface area contributed by atoms with E-state index in [1.165, 1.54) is 30.2 Å². The molecule has 1 aliphatic heterocycles. The Hall–Kier alpha value is -0.870. The number of hydrogen-bond donors (Lipinski definition) is 0. The maximum absolute atomic E-state index is 11.3. The first-order valence-electron chi connectivity index (χ1n) is 6.91. The smallest absolute Gasteiger partial charge is 0.148 e. The fourth-order valence-corrected chi connectivity index (χ4v) is 3.27. The number of nitrogens with zero attached hydrogens (tertiary/aromatic N) is 1. The van der Waals surface area contributed by atoms with Gasteiger partial charge in [-0.2, -0.15) is 0 Å². The number of likely N-dealkylation sites (tertiary alicyclic amines) is 1. The highest BCUT2D eigenvalue weighted by Crippen LogP contribution is 2.21. The van der Waals surface area contributed by atoms with Crippen molar-refractivity contribution in [1.29, 1.82) is 0 Å². The first-order chi connectivity index (χ1) is 8.94. The Bertz CT molecular complexity index is 507. The van der Waals surface area contributed by atoms with Crippen molar-refractivity contribution in [3.05, 3.63) is 35.4 Å². The molecule has 0 radical (unpaired) electrons. The van der Waals surface area contributed by atoms with Crippen molar-refractivity contribution in [3.8, 4) is 0 Å². The van der Waals surface area contributed by atoms with Crippen LogP contribution in [0, 0.1) is 6.92 Å². The summed E-state index contributed by atoms with van der Waals surface area (Å²) in [6, 6.07) is 9.16. The van der Waals surface area contributed by atoms with E-state index in [1.807, 2.05) is 0 Å². The maximum Gasteiger partial charge on any atom is 0.148 e. The lowest BCUT2D eigenvalue weighted by Crippen LogP contribution is -2.34. The zero-order valence-electron chi connectivity index (χ0n) is 11.8. The van der Waals surface area contributed by atoms with Gasteiger partial charge in [0, 0.05) is 18.8 Å². The van der Waals surface area contributed by atoms with Crippen LogP contribution >= 0.6 is 0 Å². The molecule has 0 aromatic heterocycles. The fraction of sp³-hybridized carbons (Fsp3) is 0.600. The summed E-state index contributed by atoms with van der Waals surface area (Å²) in [5, 5.41) is 0. The molecule has 0 saturated carbocycles. The SMILES string of the molecule is Cc1ccc(C[C@@H]2CCCN2CCS(C)(=O)=O)cc1. The Balaban J connectivity index is 1.93. The van der Waals surface area contributed by atoms with Crippen LogP contribution in [-0.4, -0.2) is 44.5 Å². The molecule has 1 heterocycles. The van der Waals surface area contributed by atoms with Crippen molar-refractivity contribution < 1.29 is 8.42 Å². The van der Waals surface area contributed by atoms with E-state index in [0.29, 0.717) is 12.6 Å². The molecule has 1 saturated heterocycles. The van der Waals surface area contributed by atoms with Crippen molar-refractivity contribution in [2.75, 3.05) is 25.1 Å². The third-order valence-corrected chi connectivity index (χ3v) is 4.76. The average Bonchev–Trinajstić information content (AvgIpc) is 2.76. The summed E-state index contributed by atoms with van der Waals surface area (Å²) in [5.74, 6) is 0.275. The van der Waals surface area contributed by atoms with Crippen LogP contribution in [0.1, 0.15) is 24.0 Å². The molecule has 2 rings (SSSR count). The molecule has 0 N–H and O–H groups in total. The third-order valence-electron chi connectivity index (χ3n) is 3.84. The number of hydrogen-bond acceptors (Lipinski definition) is 3. The summed E-state index contributed by atoms with van der Waals surface area (Å²) in [7, 11) is -2.86. The second-order valence-corrected chi connectivity index (χ2v) is 7.91. The van der Waals surface area contributed by atoms with Crippen LogP contribution in [0.5, 0.6) is 0 Å². The van der Waals surface area contributed by atoms with Gasteiger partial charge in [0.1, 0.15) is 9.84 Å². The van der Waals surface area contributed by atoms with Crippen LogP contribution < -0.4 is 0 Å². The Morgan fingerprint density at radius 3 is 2.58 bits per heavy atom. The highest BCUT2D eigenvalue weighted by Gasteiger charge is 2.25. The van der Waals surface area contributed by atoms with Gasteiger partial charge in [-0.25, -0.2) is 8.42 Å². The first-order valence-corrected chi connectivity index (χ1v) is 8.97. The van der Waals surface area contributed by atoms with E-state index in [0.717, 1.165) is 13.0 Å². The molecule has 4 heteroatoms. The van der Waals surface area contributed by atoms with Gasteiger partial charge in [0.15, 0.2) is 0 Å². The molecule has 0 aliphatic carbocycles. The minimum absolute atomic E-state index is 0.275. The normalized spacial score (nSPS) is 20.8. The Morgan fingerprint density at radius 1 is 1.26 bits per heavy atom. The zero-order valence-corrected chi connectivity index (χ0v) is 12.6. The molecule has 1 atom stereocenters. The molecular formula is C15H23NO2S. The van der Waals surface area contributed by atoms with Gasteiger partial charge in [-0.3, -0.25) is 4.90 Å². The summed E-state index contributed by atoms with van der Waals surface area (Å²) in [6.45, 7) is 3.80. The average molecular weight is 281 g/mol. The number of aryl methyl sites for hydroxylation is 1. The Labute approximate surface area is 116 Å². The number of rotatable bonds is 5. The number of benzene rings is 1. The van der Waals surface area contributed by atoms with Crippen LogP contribution in [0.2, 0.25) is 0 Å². The molecule has 0 amide bonds. The second kappa shape index (κ2) is 6.06. The van der Waals surface area contributed by atoms with Crippen molar-refractivity contribution in [2.45, 2.75) is 32.2 Å². The van der Waals surface area contributed by atoms with E-state index in [-0.39, 0.29) is 5.75 Å². The van der Waals surface area contributed by atoms with Gasteiger partial charge >= 0.3 is 0 Å². The topological polar surface area (TPSA) is 37.4 Å². The van der Waals surface area contributed by atoms with Gasteiger partial charge in [0.05, 0.1) is 5.75 Å². The van der Waals surface area contributed by atoms with Gasteiger partial charge in [-0.1, -0.05) is 29.8 Å².